The number of pyridine rings is 1. The highest BCUT2D eigenvalue weighted by atomic mass is 16.4. The summed E-state index contributed by atoms with van der Waals surface area (Å²) in [5, 5.41) is 9.29. The van der Waals surface area contributed by atoms with E-state index in [1.165, 1.54) is 19.3 Å². The molecule has 0 saturated heterocycles. The molecule has 1 saturated carbocycles. The highest BCUT2D eigenvalue weighted by Gasteiger charge is 2.25. The lowest BCUT2D eigenvalue weighted by atomic mass is 9.89. The summed E-state index contributed by atoms with van der Waals surface area (Å²) in [6.07, 6.45) is 7.64. The van der Waals surface area contributed by atoms with Crippen molar-refractivity contribution in [2.45, 2.75) is 38.0 Å². The third-order valence-corrected chi connectivity index (χ3v) is 3.90. The van der Waals surface area contributed by atoms with Gasteiger partial charge in [-0.05, 0) is 25.0 Å². The fourth-order valence-corrected chi connectivity index (χ4v) is 2.99. The van der Waals surface area contributed by atoms with Crippen LogP contribution in [0.25, 0.3) is 5.52 Å². The standard InChI is InChI=1S/C14H17N3O2/c15-10-7-4-8-17-12(10)11(14(18)19)16-13(17)9-5-2-1-3-6-9/h4,7-9H,1-3,5-6,15H2,(H,18,19). The van der Waals surface area contributed by atoms with Crippen LogP contribution in [0.3, 0.4) is 0 Å². The lowest BCUT2D eigenvalue weighted by Crippen LogP contribution is -2.08. The van der Waals surface area contributed by atoms with Crippen LogP contribution >= 0.6 is 0 Å². The molecule has 100 valence electrons. The van der Waals surface area contributed by atoms with Crippen LogP contribution in [0.2, 0.25) is 0 Å². The number of hydrogen-bond donors (Lipinski definition) is 2. The number of hydrogen-bond acceptors (Lipinski definition) is 3. The van der Waals surface area contributed by atoms with Crippen LogP contribution in [-0.2, 0) is 0 Å². The number of nitrogen functional groups attached to an aromatic ring is 1. The number of carboxylic acid groups (broad SMARTS) is 1. The van der Waals surface area contributed by atoms with Crippen molar-refractivity contribution in [2.24, 2.45) is 0 Å². The van der Waals surface area contributed by atoms with Crippen LogP contribution in [0.5, 0.6) is 0 Å². The van der Waals surface area contributed by atoms with Crippen LogP contribution in [0.1, 0.15) is 54.3 Å². The van der Waals surface area contributed by atoms with Crippen LogP contribution in [-0.4, -0.2) is 20.5 Å². The predicted octanol–water partition coefficient (Wildman–Crippen LogP) is 2.66. The van der Waals surface area contributed by atoms with Gasteiger partial charge in [0.15, 0.2) is 5.69 Å². The van der Waals surface area contributed by atoms with Gasteiger partial charge in [0.1, 0.15) is 11.3 Å². The van der Waals surface area contributed by atoms with Crippen molar-refractivity contribution in [3.63, 3.8) is 0 Å². The molecule has 2 heterocycles. The van der Waals surface area contributed by atoms with Crippen molar-refractivity contribution in [2.75, 3.05) is 5.73 Å². The Morgan fingerprint density at radius 2 is 2.11 bits per heavy atom. The van der Waals surface area contributed by atoms with Crippen molar-refractivity contribution >= 4 is 17.2 Å². The molecule has 19 heavy (non-hydrogen) atoms. The van der Waals surface area contributed by atoms with Gasteiger partial charge in [0.25, 0.3) is 0 Å². The molecule has 5 nitrogen and oxygen atoms in total. The zero-order chi connectivity index (χ0) is 13.4. The van der Waals surface area contributed by atoms with E-state index in [1.807, 2.05) is 16.7 Å². The first kappa shape index (κ1) is 12.0. The maximum Gasteiger partial charge on any atom is 0.356 e. The second-order valence-corrected chi connectivity index (χ2v) is 5.14. The first-order valence-electron chi connectivity index (χ1n) is 6.68. The summed E-state index contributed by atoms with van der Waals surface area (Å²) in [4.78, 5) is 15.7. The fourth-order valence-electron chi connectivity index (χ4n) is 2.99. The molecule has 0 radical (unpaired) electrons. The number of anilines is 1. The molecule has 0 spiro atoms. The Hall–Kier alpha value is -2.04. The minimum absolute atomic E-state index is 0.0682. The molecule has 3 N–H and O–H groups in total. The molecule has 0 bridgehead atoms. The second-order valence-electron chi connectivity index (χ2n) is 5.14. The molecule has 0 aromatic carbocycles. The van der Waals surface area contributed by atoms with Gasteiger partial charge in [0.2, 0.25) is 0 Å². The van der Waals surface area contributed by atoms with Crippen molar-refractivity contribution in [1.82, 2.24) is 9.38 Å². The van der Waals surface area contributed by atoms with Gasteiger partial charge in [0.05, 0.1) is 5.69 Å². The molecule has 3 rings (SSSR count). The number of carbonyl (C=O) groups is 1. The average Bonchev–Trinajstić information content (AvgIpc) is 2.81. The molecular formula is C14H17N3O2. The third-order valence-electron chi connectivity index (χ3n) is 3.90. The topological polar surface area (TPSA) is 80.6 Å². The summed E-state index contributed by atoms with van der Waals surface area (Å²) in [5.41, 5.74) is 6.97. The molecule has 2 aromatic heterocycles. The molecular weight excluding hydrogens is 242 g/mol. The molecule has 2 aromatic rings. The zero-order valence-corrected chi connectivity index (χ0v) is 10.7. The lowest BCUT2D eigenvalue weighted by Gasteiger charge is -2.20. The molecule has 1 aliphatic carbocycles. The number of imidazole rings is 1. The third kappa shape index (κ3) is 1.95. The highest BCUT2D eigenvalue weighted by molar-refractivity contribution is 5.97. The number of aromatic carboxylic acids is 1. The second kappa shape index (κ2) is 4.57. The molecule has 0 unspecified atom stereocenters. The van der Waals surface area contributed by atoms with E-state index >= 15 is 0 Å². The first-order chi connectivity index (χ1) is 9.18. The van der Waals surface area contributed by atoms with Gasteiger partial charge in [-0.3, -0.25) is 0 Å². The molecule has 0 atom stereocenters. The Morgan fingerprint density at radius 1 is 1.37 bits per heavy atom. The summed E-state index contributed by atoms with van der Waals surface area (Å²) < 4.78 is 1.86. The lowest BCUT2D eigenvalue weighted by molar-refractivity contribution is 0.0693. The summed E-state index contributed by atoms with van der Waals surface area (Å²) in [6, 6.07) is 3.55. The minimum atomic E-state index is -1.02. The van der Waals surface area contributed by atoms with Crippen LogP contribution in [0.15, 0.2) is 18.3 Å². The van der Waals surface area contributed by atoms with Crippen molar-refractivity contribution in [3.05, 3.63) is 29.8 Å². The maximum atomic E-state index is 11.3. The Bertz CT molecular complexity index is 627. The van der Waals surface area contributed by atoms with Crippen molar-refractivity contribution in [1.29, 1.82) is 0 Å². The average molecular weight is 259 g/mol. The Kier molecular flexibility index (Phi) is 2.89. The van der Waals surface area contributed by atoms with Gasteiger partial charge >= 0.3 is 5.97 Å². The van der Waals surface area contributed by atoms with E-state index in [4.69, 9.17) is 5.73 Å². The van der Waals surface area contributed by atoms with Crippen LogP contribution in [0.4, 0.5) is 5.69 Å². The first-order valence-corrected chi connectivity index (χ1v) is 6.68. The summed E-state index contributed by atoms with van der Waals surface area (Å²) in [6.45, 7) is 0. The smallest absolute Gasteiger partial charge is 0.356 e. The van der Waals surface area contributed by atoms with Crippen molar-refractivity contribution < 1.29 is 9.90 Å². The Balaban J connectivity index is 2.19. The number of nitrogens with zero attached hydrogens (tertiary/aromatic N) is 2. The van der Waals surface area contributed by atoms with E-state index in [0.717, 1.165) is 18.7 Å². The SMILES string of the molecule is Nc1cccn2c(C3CCCCC3)nc(C(=O)O)c12. The van der Waals surface area contributed by atoms with E-state index in [1.54, 1.807) is 6.07 Å². The van der Waals surface area contributed by atoms with E-state index in [9.17, 15) is 9.90 Å². The normalized spacial score (nSPS) is 16.8. The van der Waals surface area contributed by atoms with E-state index in [0.29, 0.717) is 17.1 Å². The summed E-state index contributed by atoms with van der Waals surface area (Å²) in [5.74, 6) is 0.174. The van der Waals surface area contributed by atoms with Gasteiger partial charge < -0.3 is 15.2 Å². The molecule has 5 heteroatoms. The number of fused-ring (bicyclic) bond motifs is 1. The Labute approximate surface area is 111 Å². The van der Waals surface area contributed by atoms with Gasteiger partial charge in [0, 0.05) is 12.1 Å². The van der Waals surface area contributed by atoms with E-state index in [-0.39, 0.29) is 5.69 Å². The van der Waals surface area contributed by atoms with Gasteiger partial charge in [-0.1, -0.05) is 19.3 Å². The van der Waals surface area contributed by atoms with E-state index < -0.39 is 5.97 Å². The number of carboxylic acids is 1. The molecule has 1 aliphatic rings. The monoisotopic (exact) mass is 259 g/mol. The van der Waals surface area contributed by atoms with Gasteiger partial charge in [-0.2, -0.15) is 0 Å². The van der Waals surface area contributed by atoms with Crippen molar-refractivity contribution in [3.8, 4) is 0 Å². The largest absolute Gasteiger partial charge is 0.476 e. The molecule has 1 fully saturated rings. The van der Waals surface area contributed by atoms with Gasteiger partial charge in [-0.15, -0.1) is 0 Å². The quantitative estimate of drug-likeness (QED) is 0.868. The zero-order valence-electron chi connectivity index (χ0n) is 10.7. The van der Waals surface area contributed by atoms with Crippen LogP contribution in [0, 0.1) is 0 Å². The predicted molar refractivity (Wildman–Crippen MR) is 72.4 cm³/mol. The fraction of sp³-hybridized carbons (Fsp3) is 0.429. The molecule has 0 aliphatic heterocycles. The Morgan fingerprint density at radius 3 is 2.79 bits per heavy atom. The number of aromatic nitrogens is 2. The van der Waals surface area contributed by atoms with Gasteiger partial charge in [-0.25, -0.2) is 9.78 Å². The number of rotatable bonds is 2. The summed E-state index contributed by atoms with van der Waals surface area (Å²) >= 11 is 0. The minimum Gasteiger partial charge on any atom is -0.476 e. The molecule has 0 amide bonds. The summed E-state index contributed by atoms with van der Waals surface area (Å²) in [7, 11) is 0. The number of nitrogens with two attached hydrogens (primary N) is 1. The highest BCUT2D eigenvalue weighted by Crippen LogP contribution is 2.34. The van der Waals surface area contributed by atoms with Crippen LogP contribution < -0.4 is 5.73 Å². The maximum absolute atomic E-state index is 11.3. The van der Waals surface area contributed by atoms with E-state index in [2.05, 4.69) is 4.98 Å².